The van der Waals surface area contributed by atoms with Crippen molar-refractivity contribution in [1.82, 2.24) is 59.5 Å². The van der Waals surface area contributed by atoms with Gasteiger partial charge in [0.25, 0.3) is 11.8 Å². The summed E-state index contributed by atoms with van der Waals surface area (Å²) in [6, 6.07) is 20.0. The number of imidazole rings is 2. The van der Waals surface area contributed by atoms with Gasteiger partial charge in [0.05, 0.1) is 39.1 Å². The van der Waals surface area contributed by atoms with Gasteiger partial charge in [-0.3, -0.25) is 18.7 Å². The lowest BCUT2D eigenvalue weighted by Crippen LogP contribution is -2.43. The molecule has 6 aliphatic rings. The van der Waals surface area contributed by atoms with E-state index in [0.717, 1.165) is 82.0 Å². The SMILES string of the molecule is C#CCC1CCN(C(=O)OCCOCc2ccccc2)CC1.Nc1nc(C#CCC2CCN(C(=O)OCCOCc3ccccc3)CC2)nc2c1ncn2[C@@H]1O[C@H](C(=O)NC2CC2)[C@H](O)C1O.Nc1nc(I)nc2c1ncn2[C@@H]1O[C@H](C(=O)NC2CC2)[C@H](O)C1O. The van der Waals surface area contributed by atoms with Gasteiger partial charge in [-0.05, 0) is 80.2 Å². The lowest BCUT2D eigenvalue weighted by Gasteiger charge is -2.30. The summed E-state index contributed by atoms with van der Waals surface area (Å²) in [4.78, 5) is 77.9. The lowest BCUT2D eigenvalue weighted by atomic mass is 9.94. The maximum atomic E-state index is 12.5. The molecule has 8 heterocycles. The number of rotatable bonds is 18. The van der Waals surface area contributed by atoms with Crippen LogP contribution in [0.25, 0.3) is 22.3 Å². The van der Waals surface area contributed by atoms with Crippen molar-refractivity contribution < 1.29 is 68.0 Å². The van der Waals surface area contributed by atoms with Gasteiger partial charge in [0.1, 0.15) is 48.7 Å². The fraction of sp³-hybridized carbons (Fsp3) is 0.516. The minimum absolute atomic E-state index is 0.0809. The molecule has 0 radical (unpaired) electrons. The van der Waals surface area contributed by atoms with E-state index in [1.807, 2.05) is 83.3 Å². The molecule has 484 valence electrons. The Balaban J connectivity index is 0.000000166. The monoisotopic (exact) mass is 1370 g/mol. The van der Waals surface area contributed by atoms with Gasteiger partial charge in [-0.25, -0.2) is 39.5 Å². The van der Waals surface area contributed by atoms with E-state index in [-0.39, 0.29) is 60.6 Å². The number of nitrogens with one attached hydrogen (secondary N) is 2. The topological polar surface area (TPSA) is 374 Å². The summed E-state index contributed by atoms with van der Waals surface area (Å²) < 4.78 is 36.4. The van der Waals surface area contributed by atoms with Crippen molar-refractivity contribution in [2.75, 3.05) is 64.1 Å². The number of ether oxygens (including phenoxy) is 6. The second kappa shape index (κ2) is 31.5. The summed E-state index contributed by atoms with van der Waals surface area (Å²) in [6.45, 7) is 4.88. The number of fused-ring (bicyclic) bond motifs is 2. The number of hydrogen-bond donors (Lipinski definition) is 8. The first-order chi connectivity index (χ1) is 44.1. The van der Waals surface area contributed by atoms with Crippen LogP contribution in [0.2, 0.25) is 0 Å². The van der Waals surface area contributed by atoms with E-state index in [0.29, 0.717) is 78.3 Å². The van der Waals surface area contributed by atoms with Crippen LogP contribution in [-0.2, 0) is 51.2 Å². The quantitative estimate of drug-likeness (QED) is 0.0265. The van der Waals surface area contributed by atoms with Gasteiger partial charge < -0.3 is 80.7 Å². The third kappa shape index (κ3) is 17.6. The number of amides is 4. The van der Waals surface area contributed by atoms with Crippen molar-refractivity contribution in [2.45, 2.75) is 139 Å². The molecule has 0 bridgehead atoms. The number of nitrogens with zero attached hydrogens (tertiary/aromatic N) is 10. The van der Waals surface area contributed by atoms with Crippen molar-refractivity contribution in [3.63, 3.8) is 0 Å². The summed E-state index contributed by atoms with van der Waals surface area (Å²) in [5.41, 5.74) is 15.4. The highest BCUT2D eigenvalue weighted by Gasteiger charge is 2.50. The highest BCUT2D eigenvalue weighted by molar-refractivity contribution is 14.1. The van der Waals surface area contributed by atoms with Crippen LogP contribution in [0.15, 0.2) is 73.3 Å². The zero-order valence-corrected chi connectivity index (χ0v) is 52.1. The van der Waals surface area contributed by atoms with E-state index in [1.54, 1.807) is 9.80 Å². The number of likely N-dealkylation sites (tertiary alicyclic amines) is 2. The Labute approximate surface area is 538 Å². The maximum absolute atomic E-state index is 12.5. The predicted octanol–water partition coefficient (Wildman–Crippen LogP) is 3.10. The van der Waals surface area contributed by atoms with Crippen LogP contribution in [-0.4, -0.2) is 195 Å². The summed E-state index contributed by atoms with van der Waals surface area (Å²) in [6.07, 6.45) is 6.08. The molecule has 2 unspecified atom stereocenters. The number of aromatic nitrogens is 8. The predicted molar refractivity (Wildman–Crippen MR) is 335 cm³/mol. The summed E-state index contributed by atoms with van der Waals surface area (Å²) in [5, 5.41) is 47.3. The number of carbonyl (C=O) groups is 4. The number of piperidine rings is 2. The van der Waals surface area contributed by atoms with Crippen LogP contribution in [0.3, 0.4) is 0 Å². The zero-order chi connectivity index (χ0) is 64.0. The van der Waals surface area contributed by atoms with Crippen LogP contribution in [0, 0.1) is 39.9 Å². The molecule has 29 heteroatoms. The number of carbonyl (C=O) groups excluding carboxylic acids is 4. The minimum atomic E-state index is -1.42. The molecule has 6 fully saturated rings. The van der Waals surface area contributed by atoms with Crippen molar-refractivity contribution in [3.05, 3.63) is 94.1 Å². The highest BCUT2D eigenvalue weighted by atomic mass is 127. The molecule has 2 aromatic carbocycles. The third-order valence-electron chi connectivity index (χ3n) is 16.1. The van der Waals surface area contributed by atoms with E-state index in [4.69, 9.17) is 46.3 Å². The molecular formula is C62H75IN14O14. The van der Waals surface area contributed by atoms with E-state index < -0.39 is 60.9 Å². The Morgan fingerprint density at radius 1 is 0.593 bits per heavy atom. The second-order valence-corrected chi connectivity index (χ2v) is 23.9. The minimum Gasteiger partial charge on any atom is -0.447 e. The van der Waals surface area contributed by atoms with Gasteiger partial charge in [0.2, 0.25) is 5.82 Å². The van der Waals surface area contributed by atoms with Gasteiger partial charge >= 0.3 is 12.2 Å². The molecule has 4 aromatic heterocycles. The normalized spacial score (nSPS) is 23.2. The van der Waals surface area contributed by atoms with Crippen molar-refractivity contribution >= 4 is 80.6 Å². The summed E-state index contributed by atoms with van der Waals surface area (Å²) >= 11 is 1.91. The Morgan fingerprint density at radius 3 is 1.48 bits per heavy atom. The van der Waals surface area contributed by atoms with Crippen molar-refractivity contribution in [2.24, 2.45) is 11.8 Å². The van der Waals surface area contributed by atoms with Crippen LogP contribution < -0.4 is 22.1 Å². The molecule has 10 N–H and O–H groups in total. The Hall–Kier alpha value is -7.85. The number of aliphatic hydroxyl groups excluding tert-OH is 4. The Morgan fingerprint density at radius 2 is 1.03 bits per heavy atom. The fourth-order valence-corrected chi connectivity index (χ4v) is 11.2. The molecule has 28 nitrogen and oxygen atoms in total. The number of halogens is 1. The van der Waals surface area contributed by atoms with Gasteiger partial charge in [-0.15, -0.1) is 12.3 Å². The van der Waals surface area contributed by atoms with Crippen LogP contribution in [0.1, 0.15) is 93.6 Å². The summed E-state index contributed by atoms with van der Waals surface area (Å²) in [5.74, 6) is 9.21. The second-order valence-electron chi connectivity index (χ2n) is 23.0. The summed E-state index contributed by atoms with van der Waals surface area (Å²) in [7, 11) is 0. The van der Waals surface area contributed by atoms with Crippen molar-refractivity contribution in [1.29, 1.82) is 0 Å². The molecule has 2 saturated carbocycles. The molecule has 4 saturated heterocycles. The van der Waals surface area contributed by atoms with Crippen LogP contribution >= 0.6 is 22.6 Å². The van der Waals surface area contributed by atoms with Gasteiger partial charge in [-0.2, -0.15) is 0 Å². The number of terminal acetylenes is 1. The first kappa shape index (κ1) is 66.1. The first-order valence-electron chi connectivity index (χ1n) is 30.4. The van der Waals surface area contributed by atoms with Gasteiger partial charge in [0.15, 0.2) is 51.4 Å². The Kier molecular flexibility index (Phi) is 22.8. The molecule has 4 aliphatic heterocycles. The molecule has 8 atom stereocenters. The molecule has 6 aromatic rings. The van der Waals surface area contributed by atoms with E-state index in [2.05, 4.69) is 58.3 Å². The average molecular weight is 1370 g/mol. The number of benzene rings is 2. The van der Waals surface area contributed by atoms with E-state index in [1.165, 1.54) is 21.8 Å². The zero-order valence-electron chi connectivity index (χ0n) is 50.0. The van der Waals surface area contributed by atoms with Gasteiger partial charge in [0, 0.05) is 73.7 Å². The van der Waals surface area contributed by atoms with Gasteiger partial charge in [-0.1, -0.05) is 66.6 Å². The lowest BCUT2D eigenvalue weighted by molar-refractivity contribution is -0.138. The number of aliphatic hydroxyl groups is 4. The van der Waals surface area contributed by atoms with Crippen LogP contribution in [0.5, 0.6) is 0 Å². The molecule has 91 heavy (non-hydrogen) atoms. The molecule has 0 spiro atoms. The Bertz CT molecular complexity index is 3550. The van der Waals surface area contributed by atoms with E-state index in [9.17, 15) is 39.6 Å². The highest BCUT2D eigenvalue weighted by Crippen LogP contribution is 2.35. The average Bonchev–Trinajstić information content (AvgIpc) is 1.65. The molecule has 4 amide bonds. The third-order valence-corrected chi connectivity index (χ3v) is 16.6. The maximum Gasteiger partial charge on any atom is 0.409 e. The molecular weight excluding hydrogens is 1290 g/mol. The standard InChI is InChI=1S/C31H37N7O7.C18H23NO3.C13H15IN6O4/c32-27-23-28(38(18-33-23)30-25(40)24(39)26(45-30)29(41)34-21-9-10-21)36-22(35-27)8-4-7-19-11-13-37(14-12-19)31(42)44-16-15-43-17-20-5-2-1-3-6-20;1-2-6-16-9-11-19(12-10-16)18(20)22-14-13-21-15-17-7-4-3-5-8-17;14-13-18-9(15)5-10(19-13)20(3-16-5)12-7(22)6(21)8(24-12)11(23)17-4-1-2-4/h1-3,5-6,18-19,21,24-26,30,39-40H,7,9-17H2,(H,34,41)(H2,32,35,36);1,3-5,7-8,16H,6,9-15H2;3-4,6-8,12,21-22H,1-2H2,(H,17,23)(H2,15,18,19)/t24-,25?,26+,30-;;6-,7?,8+,12-/m1.1/s1. The number of nitrogen functional groups attached to an aromatic ring is 2. The van der Waals surface area contributed by atoms with Crippen molar-refractivity contribution in [3.8, 4) is 24.2 Å². The molecule has 2 aliphatic carbocycles. The van der Waals surface area contributed by atoms with Crippen LogP contribution in [0.4, 0.5) is 21.2 Å². The largest absolute Gasteiger partial charge is 0.447 e. The molecule has 12 rings (SSSR count). The number of nitrogens with two attached hydrogens (primary N) is 2. The smallest absolute Gasteiger partial charge is 0.409 e. The number of hydrogen-bond acceptors (Lipinski definition) is 22. The number of anilines is 2. The van der Waals surface area contributed by atoms with E-state index >= 15 is 0 Å². The fourth-order valence-electron chi connectivity index (χ4n) is 10.7. The first-order valence-corrected chi connectivity index (χ1v) is 31.5.